The van der Waals surface area contributed by atoms with Gasteiger partial charge in [-0.3, -0.25) is 0 Å². The van der Waals surface area contributed by atoms with Gasteiger partial charge in [0.15, 0.2) is 11.5 Å². The topological polar surface area (TPSA) is 39.7 Å². The number of hydrogen-bond donors (Lipinski definition) is 1. The maximum atomic E-state index is 6.07. The Bertz CT molecular complexity index is 473. The Morgan fingerprint density at radius 2 is 1.95 bits per heavy atom. The molecule has 0 aromatic heterocycles. The van der Waals surface area contributed by atoms with Gasteiger partial charge >= 0.3 is 0 Å². The first-order valence-corrected chi connectivity index (χ1v) is 7.36. The first-order chi connectivity index (χ1) is 9.64. The molecule has 110 valence electrons. The van der Waals surface area contributed by atoms with Gasteiger partial charge in [-0.2, -0.15) is 0 Å². The molecule has 1 saturated heterocycles. The van der Waals surface area contributed by atoms with Crippen LogP contribution in [0.4, 0.5) is 0 Å². The summed E-state index contributed by atoms with van der Waals surface area (Å²) in [5, 5.41) is 3.48. The minimum absolute atomic E-state index is 0.0777. The molecule has 2 aliphatic heterocycles. The first kappa shape index (κ1) is 13.7. The minimum Gasteiger partial charge on any atom is -0.490 e. The molecule has 0 saturated carbocycles. The third-order valence-electron chi connectivity index (χ3n) is 3.75. The third-order valence-corrected chi connectivity index (χ3v) is 3.75. The lowest BCUT2D eigenvalue weighted by atomic mass is 9.95. The summed E-state index contributed by atoms with van der Waals surface area (Å²) in [6, 6.07) is 6.14. The molecule has 1 aromatic carbocycles. The lowest BCUT2D eigenvalue weighted by Gasteiger charge is -2.22. The molecule has 0 bridgehead atoms. The van der Waals surface area contributed by atoms with E-state index in [0.717, 1.165) is 49.8 Å². The van der Waals surface area contributed by atoms with Gasteiger partial charge in [-0.05, 0) is 17.7 Å². The van der Waals surface area contributed by atoms with Crippen LogP contribution >= 0.6 is 0 Å². The molecule has 0 amide bonds. The van der Waals surface area contributed by atoms with Crippen molar-refractivity contribution in [2.45, 2.75) is 26.4 Å². The molecule has 0 spiro atoms. The highest BCUT2D eigenvalue weighted by Crippen LogP contribution is 2.34. The van der Waals surface area contributed by atoms with Crippen LogP contribution in [-0.2, 0) is 4.74 Å². The van der Waals surface area contributed by atoms with Gasteiger partial charge < -0.3 is 19.5 Å². The van der Waals surface area contributed by atoms with Gasteiger partial charge in [0, 0.05) is 24.9 Å². The van der Waals surface area contributed by atoms with Crippen molar-refractivity contribution in [3.63, 3.8) is 0 Å². The fraction of sp³-hybridized carbons (Fsp3) is 0.625. The number of ether oxygens (including phenoxy) is 3. The molecule has 2 heterocycles. The highest BCUT2D eigenvalue weighted by atomic mass is 16.5. The van der Waals surface area contributed by atoms with E-state index in [1.807, 2.05) is 6.07 Å². The number of rotatable bonds is 1. The molecule has 1 N–H and O–H groups in total. The monoisotopic (exact) mass is 277 g/mol. The molecular formula is C16H23NO3. The maximum absolute atomic E-state index is 6.07. The number of benzene rings is 1. The SMILES string of the molecule is CC1(C)CNCC(c2ccc3c(c2)OCCCO3)OC1. The molecule has 4 nitrogen and oxygen atoms in total. The summed E-state index contributed by atoms with van der Waals surface area (Å²) in [6.45, 7) is 8.46. The summed E-state index contributed by atoms with van der Waals surface area (Å²) in [5.41, 5.74) is 1.33. The van der Waals surface area contributed by atoms with Gasteiger partial charge in [0.25, 0.3) is 0 Å². The van der Waals surface area contributed by atoms with Crippen LogP contribution in [0.3, 0.4) is 0 Å². The second-order valence-electron chi connectivity index (χ2n) is 6.35. The van der Waals surface area contributed by atoms with Crippen LogP contribution in [0.25, 0.3) is 0 Å². The highest BCUT2D eigenvalue weighted by Gasteiger charge is 2.26. The van der Waals surface area contributed by atoms with E-state index < -0.39 is 0 Å². The van der Waals surface area contributed by atoms with Crippen molar-refractivity contribution in [2.24, 2.45) is 5.41 Å². The van der Waals surface area contributed by atoms with Crippen molar-refractivity contribution in [1.29, 1.82) is 0 Å². The fourth-order valence-electron chi connectivity index (χ4n) is 2.57. The van der Waals surface area contributed by atoms with Crippen LogP contribution in [0.1, 0.15) is 31.9 Å². The summed E-state index contributed by atoms with van der Waals surface area (Å²) in [6.07, 6.45) is 1.01. The highest BCUT2D eigenvalue weighted by molar-refractivity contribution is 5.44. The Morgan fingerprint density at radius 1 is 1.15 bits per heavy atom. The molecule has 1 atom stereocenters. The van der Waals surface area contributed by atoms with Crippen LogP contribution in [0.15, 0.2) is 18.2 Å². The van der Waals surface area contributed by atoms with Gasteiger partial charge in [0.1, 0.15) is 0 Å². The predicted molar refractivity (Wildman–Crippen MR) is 77.4 cm³/mol. The molecule has 4 heteroatoms. The first-order valence-electron chi connectivity index (χ1n) is 7.36. The quantitative estimate of drug-likeness (QED) is 0.856. The van der Waals surface area contributed by atoms with Gasteiger partial charge in [0.05, 0.1) is 25.9 Å². The summed E-state index contributed by atoms with van der Waals surface area (Å²) >= 11 is 0. The second kappa shape index (κ2) is 5.62. The van der Waals surface area contributed by atoms with Crippen molar-refractivity contribution in [1.82, 2.24) is 5.32 Å². The van der Waals surface area contributed by atoms with E-state index in [1.54, 1.807) is 0 Å². The lowest BCUT2D eigenvalue weighted by Crippen LogP contribution is -2.29. The van der Waals surface area contributed by atoms with Crippen molar-refractivity contribution in [2.75, 3.05) is 32.9 Å². The van der Waals surface area contributed by atoms with Crippen molar-refractivity contribution in [3.05, 3.63) is 23.8 Å². The van der Waals surface area contributed by atoms with E-state index in [4.69, 9.17) is 14.2 Å². The number of hydrogen-bond acceptors (Lipinski definition) is 4. The van der Waals surface area contributed by atoms with E-state index >= 15 is 0 Å². The van der Waals surface area contributed by atoms with Crippen molar-refractivity contribution >= 4 is 0 Å². The zero-order chi connectivity index (χ0) is 14.0. The molecule has 1 aromatic rings. The maximum Gasteiger partial charge on any atom is 0.161 e. The van der Waals surface area contributed by atoms with Gasteiger partial charge in [-0.1, -0.05) is 19.9 Å². The van der Waals surface area contributed by atoms with Crippen LogP contribution in [0.5, 0.6) is 11.5 Å². The van der Waals surface area contributed by atoms with E-state index in [0.29, 0.717) is 6.61 Å². The van der Waals surface area contributed by atoms with Crippen LogP contribution in [0.2, 0.25) is 0 Å². The smallest absolute Gasteiger partial charge is 0.161 e. The third kappa shape index (κ3) is 3.07. The zero-order valence-electron chi connectivity index (χ0n) is 12.3. The molecule has 0 radical (unpaired) electrons. The average Bonchev–Trinajstić information content (AvgIpc) is 2.75. The Balaban J connectivity index is 1.78. The predicted octanol–water partition coefficient (Wildman–Crippen LogP) is 2.54. The van der Waals surface area contributed by atoms with Crippen LogP contribution < -0.4 is 14.8 Å². The normalized spacial score (nSPS) is 25.6. The average molecular weight is 277 g/mol. The van der Waals surface area contributed by atoms with Crippen molar-refractivity contribution < 1.29 is 14.2 Å². The zero-order valence-corrected chi connectivity index (χ0v) is 12.3. The Kier molecular flexibility index (Phi) is 3.85. The summed E-state index contributed by atoms with van der Waals surface area (Å²) in [5.74, 6) is 1.68. The van der Waals surface area contributed by atoms with Crippen LogP contribution in [-0.4, -0.2) is 32.9 Å². The molecule has 1 fully saturated rings. The molecule has 3 rings (SSSR count). The molecular weight excluding hydrogens is 254 g/mol. The Labute approximate surface area is 120 Å². The number of fused-ring (bicyclic) bond motifs is 1. The molecule has 1 unspecified atom stereocenters. The minimum atomic E-state index is 0.0777. The standard InChI is InChI=1S/C16H23NO3/c1-16(2)10-17-9-15(20-11-16)12-4-5-13-14(8-12)19-7-3-6-18-13/h4-5,8,15,17H,3,6-7,9-11H2,1-2H3. The van der Waals surface area contributed by atoms with Crippen LogP contribution in [0, 0.1) is 5.41 Å². The summed E-state index contributed by atoms with van der Waals surface area (Å²) in [4.78, 5) is 0. The van der Waals surface area contributed by atoms with E-state index in [1.165, 1.54) is 0 Å². The van der Waals surface area contributed by atoms with E-state index in [-0.39, 0.29) is 11.5 Å². The Hall–Kier alpha value is -1.26. The summed E-state index contributed by atoms with van der Waals surface area (Å²) < 4.78 is 17.5. The summed E-state index contributed by atoms with van der Waals surface area (Å²) in [7, 11) is 0. The lowest BCUT2D eigenvalue weighted by molar-refractivity contribution is 0.0258. The van der Waals surface area contributed by atoms with Crippen molar-refractivity contribution in [3.8, 4) is 11.5 Å². The Morgan fingerprint density at radius 3 is 2.80 bits per heavy atom. The van der Waals surface area contributed by atoms with E-state index in [2.05, 4.69) is 31.3 Å². The number of nitrogens with one attached hydrogen (secondary N) is 1. The molecule has 2 aliphatic rings. The van der Waals surface area contributed by atoms with Gasteiger partial charge in [-0.15, -0.1) is 0 Å². The second-order valence-corrected chi connectivity index (χ2v) is 6.35. The molecule has 0 aliphatic carbocycles. The fourth-order valence-corrected chi connectivity index (χ4v) is 2.57. The largest absolute Gasteiger partial charge is 0.490 e. The van der Waals surface area contributed by atoms with Gasteiger partial charge in [-0.25, -0.2) is 0 Å². The van der Waals surface area contributed by atoms with E-state index in [9.17, 15) is 0 Å². The molecule has 20 heavy (non-hydrogen) atoms. The van der Waals surface area contributed by atoms with Gasteiger partial charge in [0.2, 0.25) is 0 Å².